The Morgan fingerprint density at radius 1 is 1.19 bits per heavy atom. The van der Waals surface area contributed by atoms with Crippen LogP contribution in [-0.2, 0) is 26.0 Å². The summed E-state index contributed by atoms with van der Waals surface area (Å²) in [5.74, 6) is 0.306. The molecule has 10 nitrogen and oxygen atoms in total. The largest absolute Gasteiger partial charge is 0.374 e. The van der Waals surface area contributed by atoms with Crippen LogP contribution in [0.3, 0.4) is 0 Å². The van der Waals surface area contributed by atoms with Crippen LogP contribution < -0.4 is 10.6 Å². The number of hydrogen-bond donors (Lipinski definition) is 1. The maximum Gasteiger partial charge on any atom is 0.233 e. The fourth-order valence-electron chi connectivity index (χ4n) is 4.95. The molecule has 1 fully saturated rings. The number of ether oxygens (including phenoxy) is 1. The van der Waals surface area contributed by atoms with Gasteiger partial charge in [-0.15, -0.1) is 0 Å². The van der Waals surface area contributed by atoms with Crippen LogP contribution in [-0.4, -0.2) is 83.0 Å². The zero-order chi connectivity index (χ0) is 26.3. The topological polar surface area (TPSA) is 125 Å². The first kappa shape index (κ1) is 27.3. The highest BCUT2D eigenvalue weighted by atomic mass is 32.2. The van der Waals surface area contributed by atoms with Gasteiger partial charge < -0.3 is 4.74 Å². The zero-order valence-electron chi connectivity index (χ0n) is 21.1. The van der Waals surface area contributed by atoms with Gasteiger partial charge in [-0.3, -0.25) is 15.0 Å². The van der Waals surface area contributed by atoms with Gasteiger partial charge in [0.15, 0.2) is 0 Å². The van der Waals surface area contributed by atoms with Gasteiger partial charge in [0, 0.05) is 37.1 Å². The van der Waals surface area contributed by atoms with Crippen molar-refractivity contribution in [1.82, 2.24) is 19.3 Å². The molecule has 0 aliphatic carbocycles. The average Bonchev–Trinajstić information content (AvgIpc) is 2.91. The fourth-order valence-corrected chi connectivity index (χ4v) is 6.73. The van der Waals surface area contributed by atoms with E-state index in [4.69, 9.17) is 9.73 Å². The predicted octanol–water partition coefficient (Wildman–Crippen LogP) is 1.09. The van der Waals surface area contributed by atoms with Crippen molar-refractivity contribution in [3.05, 3.63) is 59.1 Å². The molecule has 2 atom stereocenters. The molecule has 0 radical (unpaired) electrons. The van der Waals surface area contributed by atoms with E-state index < -0.39 is 16.1 Å². The number of fused-ring (bicyclic) bond motifs is 1. The second-order valence-corrected chi connectivity index (χ2v) is 11.7. The van der Waals surface area contributed by atoms with Gasteiger partial charge >= 0.3 is 0 Å². The van der Waals surface area contributed by atoms with Gasteiger partial charge in [-0.05, 0) is 56.7 Å². The Labute approximate surface area is 217 Å². The van der Waals surface area contributed by atoms with Crippen LogP contribution >= 0.6 is 0 Å². The molecule has 2 aliphatic heterocycles. The van der Waals surface area contributed by atoms with Crippen LogP contribution in [0.1, 0.15) is 44.9 Å². The van der Waals surface area contributed by atoms with E-state index in [2.05, 4.69) is 23.0 Å². The van der Waals surface area contributed by atoms with Crippen LogP contribution in [0.2, 0.25) is 0 Å². The Morgan fingerprint density at radius 3 is 2.65 bits per heavy atom. The van der Waals surface area contributed by atoms with E-state index in [1.807, 2.05) is 18.2 Å². The number of hydroxylamine groups is 2. The number of aromatic nitrogens is 2. The normalized spacial score (nSPS) is 19.6. The first-order valence-electron chi connectivity index (χ1n) is 12.8. The van der Waals surface area contributed by atoms with Gasteiger partial charge in [0.1, 0.15) is 5.82 Å². The van der Waals surface area contributed by atoms with Crippen molar-refractivity contribution in [2.24, 2.45) is 4.99 Å². The summed E-state index contributed by atoms with van der Waals surface area (Å²) in [7, 11) is -3.67. The third-order valence-electron chi connectivity index (χ3n) is 6.92. The lowest BCUT2D eigenvalue weighted by atomic mass is 10.0. The molecule has 2 unspecified atom stereocenters. The van der Waals surface area contributed by atoms with Crippen molar-refractivity contribution >= 4 is 22.0 Å². The number of para-hydroxylation sites is 1. The molecule has 0 bridgehead atoms. The highest BCUT2D eigenvalue weighted by molar-refractivity contribution is 7.89. The van der Waals surface area contributed by atoms with Gasteiger partial charge in [-0.2, -0.15) is 0 Å². The molecule has 200 valence electrons. The molecule has 3 heterocycles. The summed E-state index contributed by atoms with van der Waals surface area (Å²) >= 11 is 0. The van der Waals surface area contributed by atoms with Crippen molar-refractivity contribution < 1.29 is 23.2 Å². The van der Waals surface area contributed by atoms with Crippen molar-refractivity contribution in [2.45, 2.75) is 63.6 Å². The second-order valence-electron chi connectivity index (χ2n) is 9.69. The number of carbonyl (C=O) groups is 1. The molecule has 2 aromatic rings. The van der Waals surface area contributed by atoms with E-state index in [-0.39, 0.29) is 24.3 Å². The minimum Gasteiger partial charge on any atom is -0.374 e. The van der Waals surface area contributed by atoms with Gasteiger partial charge in [0.25, 0.3) is 0 Å². The van der Waals surface area contributed by atoms with Crippen molar-refractivity contribution in [3.63, 3.8) is 0 Å². The summed E-state index contributed by atoms with van der Waals surface area (Å²) in [6.07, 6.45) is 6.96. The Hall–Kier alpha value is -2.73. The smallest absolute Gasteiger partial charge is 0.233 e. The lowest BCUT2D eigenvalue weighted by molar-refractivity contribution is -0.158. The third kappa shape index (κ3) is 7.41. The number of carbonyl (C=O) groups excluding carboxylic acids is 1. The molecular weight excluding hydrogens is 494 g/mol. The summed E-state index contributed by atoms with van der Waals surface area (Å²) in [5, 5.41) is 12.6. The predicted molar refractivity (Wildman–Crippen MR) is 137 cm³/mol. The maximum absolute atomic E-state index is 13.1. The average molecular weight is 530 g/mol. The molecule has 11 heteroatoms. The number of amides is 1. The number of nitrogens with zero attached hydrogens (tertiary/aromatic N) is 5. The summed E-state index contributed by atoms with van der Waals surface area (Å²) in [4.78, 5) is 24.2. The summed E-state index contributed by atoms with van der Waals surface area (Å²) in [5.41, 5.74) is 1.23. The molecule has 1 N–H and O–H groups in total. The summed E-state index contributed by atoms with van der Waals surface area (Å²) in [6, 6.07) is 9.19. The van der Waals surface area contributed by atoms with E-state index in [9.17, 15) is 18.4 Å². The fraction of sp³-hybridized carbons (Fsp3) is 0.538. The number of hydrogen-bond acceptors (Lipinski definition) is 8. The van der Waals surface area contributed by atoms with Gasteiger partial charge in [-0.1, -0.05) is 18.2 Å². The SMILES string of the molecule is CC1CC(COC2CCN(S(=O)(=O)CC(CCCc3ncccn3)N(O)C=O)CC2)=c2ccccc2=N1. The van der Waals surface area contributed by atoms with Gasteiger partial charge in [0.05, 0.1) is 35.9 Å². The number of rotatable bonds is 12. The lowest BCUT2D eigenvalue weighted by Crippen LogP contribution is -2.46. The molecular formula is C26H35N5O5S. The first-order valence-corrected chi connectivity index (χ1v) is 14.4. The van der Waals surface area contributed by atoms with Crippen LogP contribution in [0.4, 0.5) is 0 Å². The Morgan fingerprint density at radius 2 is 1.92 bits per heavy atom. The van der Waals surface area contributed by atoms with E-state index in [1.54, 1.807) is 18.5 Å². The first-order chi connectivity index (χ1) is 17.9. The minimum absolute atomic E-state index is 0.0220. The standard InChI is InChI=1S/C26H35N5O5S/c1-20-16-21(24-7-2-3-8-25(24)29-20)17-36-23-10-14-30(15-11-23)37(34,35)18-22(31(33)19-32)6-4-9-26-27-12-5-13-28-26/h2-3,5,7-8,12-13,19-20,22-23,33H,4,6,9-11,14-18H2,1H3. The van der Waals surface area contributed by atoms with E-state index >= 15 is 0 Å². The maximum atomic E-state index is 13.1. The van der Waals surface area contributed by atoms with Crippen molar-refractivity contribution in [2.75, 3.05) is 25.4 Å². The highest BCUT2D eigenvalue weighted by Crippen LogP contribution is 2.21. The Bertz CT molecular complexity index is 1270. The van der Waals surface area contributed by atoms with Crippen LogP contribution in [0.5, 0.6) is 0 Å². The molecule has 1 saturated heterocycles. The third-order valence-corrected chi connectivity index (χ3v) is 8.87. The van der Waals surface area contributed by atoms with E-state index in [0.717, 1.165) is 17.0 Å². The van der Waals surface area contributed by atoms with Crippen LogP contribution in [0.15, 0.2) is 47.7 Å². The number of sulfonamides is 1. The van der Waals surface area contributed by atoms with E-state index in [0.29, 0.717) is 62.7 Å². The molecule has 1 aromatic heterocycles. The molecule has 1 amide bonds. The number of aryl methyl sites for hydroxylation is 1. The molecule has 2 aliphatic rings. The Balaban J connectivity index is 1.29. The molecule has 0 spiro atoms. The monoisotopic (exact) mass is 529 g/mol. The molecule has 4 rings (SSSR count). The van der Waals surface area contributed by atoms with Gasteiger partial charge in [-0.25, -0.2) is 27.8 Å². The minimum atomic E-state index is -3.67. The molecule has 0 saturated carbocycles. The quantitative estimate of drug-likeness (QED) is 0.248. The molecule has 37 heavy (non-hydrogen) atoms. The number of piperidine rings is 1. The zero-order valence-corrected chi connectivity index (χ0v) is 22.0. The van der Waals surface area contributed by atoms with E-state index in [1.165, 1.54) is 9.88 Å². The summed E-state index contributed by atoms with van der Waals surface area (Å²) in [6.45, 7) is 3.31. The van der Waals surface area contributed by atoms with Gasteiger partial charge in [0.2, 0.25) is 16.4 Å². The number of benzene rings is 1. The van der Waals surface area contributed by atoms with Crippen molar-refractivity contribution in [1.29, 1.82) is 0 Å². The van der Waals surface area contributed by atoms with Crippen molar-refractivity contribution in [3.8, 4) is 0 Å². The lowest BCUT2D eigenvalue weighted by Gasteiger charge is -2.33. The van der Waals surface area contributed by atoms with Crippen LogP contribution in [0, 0.1) is 0 Å². The second kappa shape index (κ2) is 12.7. The summed E-state index contributed by atoms with van der Waals surface area (Å²) < 4.78 is 33.9. The Kier molecular flexibility index (Phi) is 9.36. The van der Waals surface area contributed by atoms with Crippen LogP contribution in [0.25, 0.3) is 5.57 Å². The molecule has 1 aromatic carbocycles. The highest BCUT2D eigenvalue weighted by Gasteiger charge is 2.32.